The molecule has 0 saturated carbocycles. The fraction of sp³-hybridized carbons (Fsp3) is 0.333. The van der Waals surface area contributed by atoms with Crippen molar-refractivity contribution in [3.8, 4) is 0 Å². The average Bonchev–Trinajstić information content (AvgIpc) is 2.27. The molecule has 0 radical (unpaired) electrons. The number of benzene rings is 1. The molecule has 1 aromatic rings. The lowest BCUT2D eigenvalue weighted by atomic mass is 10.0. The number of hydrogen-bond donors (Lipinski definition) is 3. The van der Waals surface area contributed by atoms with Crippen LogP contribution < -0.4 is 0 Å². The highest BCUT2D eigenvalue weighted by Gasteiger charge is 2.22. The molecule has 0 aromatic heterocycles. The van der Waals surface area contributed by atoms with Gasteiger partial charge in [0.15, 0.2) is 0 Å². The molecule has 0 bridgehead atoms. The van der Waals surface area contributed by atoms with Crippen LogP contribution in [0.5, 0.6) is 0 Å². The second-order valence-electron chi connectivity index (χ2n) is 3.16. The molecule has 2 unspecified atom stereocenters. The summed E-state index contributed by atoms with van der Waals surface area (Å²) in [4.78, 5) is 9.74. The maximum Gasteiger partial charge on any atom is 0.270 e. The Morgan fingerprint density at radius 2 is 2.12 bits per heavy atom. The van der Waals surface area contributed by atoms with Crippen LogP contribution in [0.15, 0.2) is 18.2 Å². The SMILES string of the molecule is O=[N+]([O-])c1ccc(F)c(C(O)C(O)CS)c1. The van der Waals surface area contributed by atoms with E-state index in [0.717, 1.165) is 18.2 Å². The van der Waals surface area contributed by atoms with Crippen LogP contribution in [-0.4, -0.2) is 27.0 Å². The van der Waals surface area contributed by atoms with E-state index >= 15 is 0 Å². The van der Waals surface area contributed by atoms with Crippen molar-refractivity contribution in [2.45, 2.75) is 12.2 Å². The number of aliphatic hydroxyl groups excluding tert-OH is 2. The van der Waals surface area contributed by atoms with Gasteiger partial charge in [-0.2, -0.15) is 12.6 Å². The average molecular weight is 247 g/mol. The lowest BCUT2D eigenvalue weighted by Crippen LogP contribution is -2.20. The molecular formula is C9H10FNO4S. The smallest absolute Gasteiger partial charge is 0.270 e. The van der Waals surface area contributed by atoms with Crippen molar-refractivity contribution in [2.24, 2.45) is 0 Å². The first-order valence-corrected chi connectivity index (χ1v) is 5.01. The van der Waals surface area contributed by atoms with Crippen LogP contribution in [0.4, 0.5) is 10.1 Å². The zero-order chi connectivity index (χ0) is 12.3. The molecule has 0 fully saturated rings. The van der Waals surface area contributed by atoms with E-state index in [1.165, 1.54) is 0 Å². The van der Waals surface area contributed by atoms with Crippen molar-refractivity contribution in [3.05, 3.63) is 39.7 Å². The third-order valence-corrected chi connectivity index (χ3v) is 2.43. The largest absolute Gasteiger partial charge is 0.389 e. The lowest BCUT2D eigenvalue weighted by molar-refractivity contribution is -0.385. The van der Waals surface area contributed by atoms with Crippen LogP contribution in [0.1, 0.15) is 11.7 Å². The number of nitro benzene ring substituents is 1. The van der Waals surface area contributed by atoms with E-state index in [9.17, 15) is 24.7 Å². The quantitative estimate of drug-likeness (QED) is 0.422. The monoisotopic (exact) mass is 247 g/mol. The van der Waals surface area contributed by atoms with E-state index in [2.05, 4.69) is 12.6 Å². The number of halogens is 1. The summed E-state index contributed by atoms with van der Waals surface area (Å²) in [5.74, 6) is -0.887. The van der Waals surface area contributed by atoms with Gasteiger partial charge in [0, 0.05) is 23.4 Å². The van der Waals surface area contributed by atoms with Crippen molar-refractivity contribution < 1.29 is 19.5 Å². The van der Waals surface area contributed by atoms with Crippen molar-refractivity contribution in [1.82, 2.24) is 0 Å². The summed E-state index contributed by atoms with van der Waals surface area (Å²) in [7, 11) is 0. The molecule has 1 aromatic carbocycles. The Bertz CT molecular complexity index is 401. The second-order valence-corrected chi connectivity index (χ2v) is 3.52. The van der Waals surface area contributed by atoms with Crippen LogP contribution in [0, 0.1) is 15.9 Å². The Morgan fingerprint density at radius 3 is 2.62 bits per heavy atom. The maximum atomic E-state index is 13.3. The summed E-state index contributed by atoms with van der Waals surface area (Å²) in [6, 6.07) is 2.76. The van der Waals surface area contributed by atoms with E-state index in [4.69, 9.17) is 0 Å². The molecule has 0 saturated heterocycles. The molecule has 0 aliphatic heterocycles. The Kier molecular flexibility index (Phi) is 4.22. The van der Waals surface area contributed by atoms with Crippen LogP contribution in [0.2, 0.25) is 0 Å². The molecule has 0 heterocycles. The number of hydrogen-bond acceptors (Lipinski definition) is 5. The Morgan fingerprint density at radius 1 is 1.50 bits per heavy atom. The molecule has 5 nitrogen and oxygen atoms in total. The zero-order valence-electron chi connectivity index (χ0n) is 8.08. The van der Waals surface area contributed by atoms with Gasteiger partial charge in [-0.05, 0) is 6.07 Å². The van der Waals surface area contributed by atoms with Gasteiger partial charge >= 0.3 is 0 Å². The number of nitrogens with zero attached hydrogens (tertiary/aromatic N) is 1. The predicted molar refractivity (Wildman–Crippen MR) is 57.9 cm³/mol. The van der Waals surface area contributed by atoms with E-state index in [0.29, 0.717) is 0 Å². The highest BCUT2D eigenvalue weighted by molar-refractivity contribution is 7.80. The normalized spacial score (nSPS) is 14.5. The molecule has 0 spiro atoms. The standard InChI is InChI=1S/C9H10FNO4S/c10-7-2-1-5(11(14)15)3-6(7)9(13)8(12)4-16/h1-3,8-9,12-13,16H,4H2. The fourth-order valence-corrected chi connectivity index (χ4v) is 1.38. The highest BCUT2D eigenvalue weighted by atomic mass is 32.1. The van der Waals surface area contributed by atoms with Crippen molar-refractivity contribution in [2.75, 3.05) is 5.75 Å². The van der Waals surface area contributed by atoms with Crippen molar-refractivity contribution in [1.29, 1.82) is 0 Å². The van der Waals surface area contributed by atoms with Gasteiger partial charge in [-0.3, -0.25) is 10.1 Å². The number of nitro groups is 1. The summed E-state index contributed by atoms with van der Waals surface area (Å²) in [6.45, 7) is 0. The molecule has 1 rings (SSSR count). The third kappa shape index (κ3) is 2.69. The van der Waals surface area contributed by atoms with Gasteiger partial charge in [0.25, 0.3) is 5.69 Å². The van der Waals surface area contributed by atoms with Gasteiger partial charge < -0.3 is 10.2 Å². The highest BCUT2D eigenvalue weighted by Crippen LogP contribution is 2.25. The molecule has 2 N–H and O–H groups in total. The van der Waals surface area contributed by atoms with E-state index in [1.807, 2.05) is 0 Å². The van der Waals surface area contributed by atoms with Crippen molar-refractivity contribution >= 4 is 18.3 Å². The minimum absolute atomic E-state index is 0.0801. The van der Waals surface area contributed by atoms with Gasteiger partial charge in [-0.15, -0.1) is 0 Å². The van der Waals surface area contributed by atoms with Crippen molar-refractivity contribution in [3.63, 3.8) is 0 Å². The second kappa shape index (κ2) is 5.24. The minimum atomic E-state index is -1.53. The number of non-ortho nitro benzene ring substituents is 1. The van der Waals surface area contributed by atoms with Crippen LogP contribution in [0.25, 0.3) is 0 Å². The summed E-state index contributed by atoms with van der Waals surface area (Å²) in [5, 5.41) is 29.2. The molecule has 16 heavy (non-hydrogen) atoms. The zero-order valence-corrected chi connectivity index (χ0v) is 8.97. The third-order valence-electron chi connectivity index (χ3n) is 2.06. The van der Waals surface area contributed by atoms with Gasteiger partial charge in [0.05, 0.1) is 11.0 Å². The topological polar surface area (TPSA) is 83.6 Å². The first kappa shape index (κ1) is 12.9. The van der Waals surface area contributed by atoms with Crippen LogP contribution in [0.3, 0.4) is 0 Å². The molecule has 88 valence electrons. The van der Waals surface area contributed by atoms with E-state index in [1.54, 1.807) is 0 Å². The molecular weight excluding hydrogens is 237 g/mol. The number of thiol groups is 1. The molecule has 0 aliphatic carbocycles. The lowest BCUT2D eigenvalue weighted by Gasteiger charge is -2.16. The fourth-order valence-electron chi connectivity index (χ4n) is 1.18. The van der Waals surface area contributed by atoms with Gasteiger partial charge in [-0.25, -0.2) is 4.39 Å². The summed E-state index contributed by atoms with van der Waals surface area (Å²) in [5.41, 5.74) is -0.655. The van der Waals surface area contributed by atoms with Gasteiger partial charge in [0.2, 0.25) is 0 Å². The Hall–Kier alpha value is -1.18. The van der Waals surface area contributed by atoms with Gasteiger partial charge in [0.1, 0.15) is 11.9 Å². The first-order valence-electron chi connectivity index (χ1n) is 4.38. The van der Waals surface area contributed by atoms with E-state index < -0.39 is 22.9 Å². The molecule has 2 atom stereocenters. The Balaban J connectivity index is 3.11. The summed E-state index contributed by atoms with van der Waals surface area (Å²) >= 11 is 3.74. The first-order chi connectivity index (χ1) is 7.47. The maximum absolute atomic E-state index is 13.3. The molecule has 0 aliphatic rings. The molecule has 7 heteroatoms. The summed E-state index contributed by atoms with van der Waals surface area (Å²) in [6.07, 6.45) is -2.81. The number of aliphatic hydroxyl groups is 2. The minimum Gasteiger partial charge on any atom is -0.389 e. The predicted octanol–water partition coefficient (Wildman–Crippen LogP) is 1.06. The Labute approximate surface area is 96.1 Å². The van der Waals surface area contributed by atoms with Crippen LogP contribution >= 0.6 is 12.6 Å². The summed E-state index contributed by atoms with van der Waals surface area (Å²) < 4.78 is 13.3. The molecule has 0 amide bonds. The van der Waals surface area contributed by atoms with Gasteiger partial charge in [-0.1, -0.05) is 0 Å². The van der Waals surface area contributed by atoms with Crippen LogP contribution in [-0.2, 0) is 0 Å². The van der Waals surface area contributed by atoms with E-state index in [-0.39, 0.29) is 17.0 Å². The number of rotatable bonds is 4.